The summed E-state index contributed by atoms with van der Waals surface area (Å²) in [5.41, 5.74) is 1.98. The van der Waals surface area contributed by atoms with Gasteiger partial charge in [0, 0.05) is 14.8 Å². The van der Waals surface area contributed by atoms with Gasteiger partial charge in [-0.2, -0.15) is 5.26 Å². The summed E-state index contributed by atoms with van der Waals surface area (Å²) in [6, 6.07) is 14.8. The summed E-state index contributed by atoms with van der Waals surface area (Å²) in [5.74, 6) is 0. The Kier molecular flexibility index (Phi) is 3.32. The van der Waals surface area contributed by atoms with Crippen molar-refractivity contribution in [1.82, 2.24) is 0 Å². The fraction of sp³-hybridized carbons (Fsp3) is 0.350. The lowest BCUT2D eigenvalue weighted by atomic mass is 9.54. The van der Waals surface area contributed by atoms with Crippen LogP contribution in [0.25, 0.3) is 20.2 Å². The number of benzene rings is 2. The van der Waals surface area contributed by atoms with Gasteiger partial charge in [0.1, 0.15) is 0 Å². The molecule has 0 atom stereocenters. The molecule has 2 nitrogen and oxygen atoms in total. The van der Waals surface area contributed by atoms with Crippen LogP contribution in [0.4, 0.5) is 0 Å². The molecule has 1 saturated heterocycles. The first-order chi connectivity index (χ1) is 11.3. The fourth-order valence-corrected chi connectivity index (χ4v) is 4.58. The molecule has 0 amide bonds. The van der Waals surface area contributed by atoms with Crippen molar-refractivity contribution in [3.63, 3.8) is 0 Å². The Morgan fingerprint density at radius 3 is 2.33 bits per heavy atom. The average Bonchev–Trinajstić information content (AvgIpc) is 3.00. The fourth-order valence-electron chi connectivity index (χ4n) is 3.52. The SMILES string of the molecule is CC1(C)CB(c2ccc3sc4ccc(C#N)cc4c3c2)OC1(C)C. The van der Waals surface area contributed by atoms with E-state index in [1.54, 1.807) is 11.3 Å². The summed E-state index contributed by atoms with van der Waals surface area (Å²) in [6.45, 7) is 9.07. The maximum atomic E-state index is 9.18. The van der Waals surface area contributed by atoms with Gasteiger partial charge in [-0.25, -0.2) is 0 Å². The molecule has 0 bridgehead atoms. The summed E-state index contributed by atoms with van der Waals surface area (Å²) in [4.78, 5) is 0. The predicted octanol–water partition coefficient (Wildman–Crippen LogP) is 4.96. The molecule has 0 radical (unpaired) electrons. The summed E-state index contributed by atoms with van der Waals surface area (Å²) in [5, 5.41) is 11.6. The minimum atomic E-state index is -0.128. The number of rotatable bonds is 1. The highest BCUT2D eigenvalue weighted by Crippen LogP contribution is 2.45. The Balaban J connectivity index is 1.84. The molecule has 1 aromatic heterocycles. The summed E-state index contributed by atoms with van der Waals surface area (Å²) >= 11 is 1.78. The molecular weight excluding hydrogens is 313 g/mol. The highest BCUT2D eigenvalue weighted by molar-refractivity contribution is 7.25. The van der Waals surface area contributed by atoms with Gasteiger partial charge in [-0.1, -0.05) is 26.0 Å². The number of nitrogens with zero attached hydrogens (tertiary/aromatic N) is 1. The number of fused-ring (bicyclic) bond motifs is 3. The van der Waals surface area contributed by atoms with Crippen LogP contribution in [-0.2, 0) is 4.65 Å². The first-order valence-corrected chi connectivity index (χ1v) is 9.16. The standard InChI is InChI=1S/C20H20BNOS/c1-19(2)12-21(23-20(19,3)4)14-6-8-18-16(10-14)15-9-13(11-22)5-7-17(15)24-18/h5-10H,12H2,1-4H3. The molecule has 2 heterocycles. The minimum absolute atomic E-state index is 0.128. The van der Waals surface area contributed by atoms with Crippen LogP contribution in [0.2, 0.25) is 6.32 Å². The van der Waals surface area contributed by atoms with Crippen molar-refractivity contribution in [3.8, 4) is 6.07 Å². The van der Waals surface area contributed by atoms with Gasteiger partial charge < -0.3 is 4.65 Å². The van der Waals surface area contributed by atoms with E-state index < -0.39 is 0 Å². The molecule has 0 saturated carbocycles. The molecule has 4 rings (SSSR count). The molecule has 24 heavy (non-hydrogen) atoms. The van der Waals surface area contributed by atoms with Crippen LogP contribution in [0.15, 0.2) is 36.4 Å². The van der Waals surface area contributed by atoms with E-state index in [-0.39, 0.29) is 17.9 Å². The Morgan fingerprint density at radius 1 is 1.04 bits per heavy atom. The van der Waals surface area contributed by atoms with E-state index in [0.29, 0.717) is 5.56 Å². The van der Waals surface area contributed by atoms with Crippen molar-refractivity contribution < 1.29 is 4.65 Å². The van der Waals surface area contributed by atoms with E-state index in [4.69, 9.17) is 4.65 Å². The Morgan fingerprint density at radius 2 is 1.71 bits per heavy atom. The van der Waals surface area contributed by atoms with E-state index in [9.17, 15) is 5.26 Å². The van der Waals surface area contributed by atoms with E-state index in [0.717, 1.165) is 6.32 Å². The van der Waals surface area contributed by atoms with Gasteiger partial charge in [0.15, 0.2) is 0 Å². The van der Waals surface area contributed by atoms with Gasteiger partial charge >= 0.3 is 6.92 Å². The van der Waals surface area contributed by atoms with E-state index >= 15 is 0 Å². The summed E-state index contributed by atoms with van der Waals surface area (Å²) < 4.78 is 8.88. The lowest BCUT2D eigenvalue weighted by Crippen LogP contribution is -2.36. The van der Waals surface area contributed by atoms with Gasteiger partial charge in [0.2, 0.25) is 0 Å². The molecule has 120 valence electrons. The number of nitriles is 1. The van der Waals surface area contributed by atoms with Gasteiger partial charge in [0.25, 0.3) is 0 Å². The van der Waals surface area contributed by atoms with Crippen LogP contribution in [0.3, 0.4) is 0 Å². The minimum Gasteiger partial charge on any atom is -0.426 e. The Labute approximate surface area is 147 Å². The topological polar surface area (TPSA) is 33.0 Å². The van der Waals surface area contributed by atoms with Crippen LogP contribution in [-0.4, -0.2) is 12.5 Å². The van der Waals surface area contributed by atoms with Gasteiger partial charge in [-0.05, 0) is 60.7 Å². The second kappa shape index (κ2) is 5.08. The number of hydrogen-bond acceptors (Lipinski definition) is 3. The first-order valence-electron chi connectivity index (χ1n) is 8.35. The van der Waals surface area contributed by atoms with Crippen molar-refractivity contribution in [3.05, 3.63) is 42.0 Å². The second-order valence-corrected chi connectivity index (χ2v) is 8.97. The van der Waals surface area contributed by atoms with Crippen molar-refractivity contribution in [2.24, 2.45) is 5.41 Å². The molecule has 2 aromatic carbocycles. The normalized spacial score (nSPS) is 19.0. The van der Waals surface area contributed by atoms with Crippen LogP contribution < -0.4 is 5.46 Å². The zero-order valence-corrected chi connectivity index (χ0v) is 15.3. The molecular formula is C20H20BNOS. The summed E-state index contributed by atoms with van der Waals surface area (Å²) in [6.07, 6.45) is 1.02. The lowest BCUT2D eigenvalue weighted by molar-refractivity contribution is 0.0375. The second-order valence-electron chi connectivity index (χ2n) is 7.89. The lowest BCUT2D eigenvalue weighted by Gasteiger charge is -2.34. The van der Waals surface area contributed by atoms with Gasteiger partial charge in [-0.3, -0.25) is 0 Å². The molecule has 1 aliphatic heterocycles. The number of hydrogen-bond donors (Lipinski definition) is 0. The van der Waals surface area contributed by atoms with Crippen LogP contribution in [0.5, 0.6) is 0 Å². The third kappa shape index (κ3) is 2.27. The molecule has 0 unspecified atom stereocenters. The quantitative estimate of drug-likeness (QED) is 0.590. The van der Waals surface area contributed by atoms with Crippen molar-refractivity contribution in [2.45, 2.75) is 39.6 Å². The van der Waals surface area contributed by atoms with E-state index in [1.807, 2.05) is 12.1 Å². The van der Waals surface area contributed by atoms with Gasteiger partial charge in [-0.15, -0.1) is 11.3 Å². The monoisotopic (exact) mass is 333 g/mol. The highest BCUT2D eigenvalue weighted by Gasteiger charge is 2.49. The zero-order chi connectivity index (χ0) is 17.1. The van der Waals surface area contributed by atoms with Crippen molar-refractivity contribution in [2.75, 3.05) is 0 Å². The smallest absolute Gasteiger partial charge is 0.327 e. The largest absolute Gasteiger partial charge is 0.426 e. The maximum Gasteiger partial charge on any atom is 0.327 e. The van der Waals surface area contributed by atoms with E-state index in [2.05, 4.69) is 58.0 Å². The molecule has 0 spiro atoms. The molecule has 0 N–H and O–H groups in total. The Bertz CT molecular complexity index is 980. The van der Waals surface area contributed by atoms with E-state index in [1.165, 1.54) is 25.6 Å². The molecule has 1 fully saturated rings. The van der Waals surface area contributed by atoms with Gasteiger partial charge in [0.05, 0.1) is 17.2 Å². The van der Waals surface area contributed by atoms with Crippen molar-refractivity contribution in [1.29, 1.82) is 5.26 Å². The molecule has 0 aliphatic carbocycles. The average molecular weight is 333 g/mol. The maximum absolute atomic E-state index is 9.18. The molecule has 4 heteroatoms. The summed E-state index contributed by atoms with van der Waals surface area (Å²) in [7, 11) is 0. The van der Waals surface area contributed by atoms with Crippen LogP contribution in [0, 0.1) is 16.7 Å². The first kappa shape index (κ1) is 15.7. The Hall–Kier alpha value is -1.83. The zero-order valence-electron chi connectivity index (χ0n) is 14.5. The van der Waals surface area contributed by atoms with Crippen LogP contribution >= 0.6 is 11.3 Å². The third-order valence-corrected chi connectivity index (χ3v) is 6.91. The molecule has 1 aliphatic rings. The third-order valence-electron chi connectivity index (χ3n) is 5.76. The number of thiophene rings is 1. The molecule has 3 aromatic rings. The predicted molar refractivity (Wildman–Crippen MR) is 103 cm³/mol. The highest BCUT2D eigenvalue weighted by atomic mass is 32.1. The van der Waals surface area contributed by atoms with Crippen molar-refractivity contribution >= 4 is 43.9 Å². The van der Waals surface area contributed by atoms with Crippen LogP contribution in [0.1, 0.15) is 33.3 Å².